The molecule has 0 aromatic heterocycles. The predicted octanol–water partition coefficient (Wildman–Crippen LogP) is 0.971. The zero-order valence-corrected chi connectivity index (χ0v) is 7.54. The summed E-state index contributed by atoms with van der Waals surface area (Å²) >= 11 is 0. The largest absolute Gasteiger partial charge is 0.507 e. The van der Waals surface area contributed by atoms with Gasteiger partial charge in [-0.3, -0.25) is 0 Å². The molecule has 0 unspecified atom stereocenters. The number of aromatic carboxylic acids is 1. The van der Waals surface area contributed by atoms with Gasteiger partial charge in [0, 0.05) is 6.54 Å². The molecule has 0 amide bonds. The molecule has 0 fully saturated rings. The summed E-state index contributed by atoms with van der Waals surface area (Å²) in [6, 6.07) is 4.26. The van der Waals surface area contributed by atoms with E-state index in [1.165, 1.54) is 12.1 Å². The second kappa shape index (κ2) is 4.69. The molecule has 1 aromatic rings. The van der Waals surface area contributed by atoms with E-state index in [1.807, 2.05) is 0 Å². The lowest BCUT2D eigenvalue weighted by Crippen LogP contribution is -2.00. The maximum Gasteiger partial charge on any atom is 0.339 e. The van der Waals surface area contributed by atoms with E-state index in [9.17, 15) is 4.79 Å². The fourth-order valence-corrected chi connectivity index (χ4v) is 0.885. The number of halogens is 1. The quantitative estimate of drug-likeness (QED) is 0.669. The molecular formula is C8H10ClNO3. The molecule has 0 saturated heterocycles. The first kappa shape index (κ1) is 11.7. The van der Waals surface area contributed by atoms with Crippen LogP contribution in [0.4, 0.5) is 0 Å². The minimum Gasteiger partial charge on any atom is -0.507 e. The van der Waals surface area contributed by atoms with Crippen molar-refractivity contribution in [2.24, 2.45) is 5.73 Å². The van der Waals surface area contributed by atoms with Crippen LogP contribution in [-0.2, 0) is 6.54 Å². The van der Waals surface area contributed by atoms with E-state index in [4.69, 9.17) is 15.9 Å². The van der Waals surface area contributed by atoms with Crippen molar-refractivity contribution in [3.8, 4) is 5.75 Å². The van der Waals surface area contributed by atoms with Crippen LogP contribution in [0, 0.1) is 0 Å². The summed E-state index contributed by atoms with van der Waals surface area (Å²) < 4.78 is 0. The van der Waals surface area contributed by atoms with Crippen molar-refractivity contribution >= 4 is 18.4 Å². The first-order valence-corrected chi connectivity index (χ1v) is 3.40. The summed E-state index contributed by atoms with van der Waals surface area (Å²) in [5.74, 6) is -1.39. The van der Waals surface area contributed by atoms with Gasteiger partial charge in [0.15, 0.2) is 0 Å². The van der Waals surface area contributed by atoms with Gasteiger partial charge in [-0.05, 0) is 17.7 Å². The second-order valence-corrected chi connectivity index (χ2v) is 2.36. The molecule has 13 heavy (non-hydrogen) atoms. The van der Waals surface area contributed by atoms with Crippen LogP contribution in [0.15, 0.2) is 18.2 Å². The number of nitrogens with two attached hydrogens (primary N) is 1. The summed E-state index contributed by atoms with van der Waals surface area (Å²) in [5.41, 5.74) is 5.89. The Morgan fingerprint density at radius 3 is 2.46 bits per heavy atom. The van der Waals surface area contributed by atoms with Crippen LogP contribution in [0.2, 0.25) is 0 Å². The molecule has 4 N–H and O–H groups in total. The van der Waals surface area contributed by atoms with Crippen molar-refractivity contribution in [3.63, 3.8) is 0 Å². The van der Waals surface area contributed by atoms with E-state index in [0.29, 0.717) is 5.56 Å². The number of benzene rings is 1. The number of hydrogen-bond donors (Lipinski definition) is 3. The van der Waals surface area contributed by atoms with Crippen molar-refractivity contribution in [2.45, 2.75) is 6.54 Å². The number of carboxylic acid groups (broad SMARTS) is 1. The first-order chi connectivity index (χ1) is 5.65. The number of phenols is 1. The van der Waals surface area contributed by atoms with Gasteiger partial charge in [0.05, 0.1) is 0 Å². The summed E-state index contributed by atoms with van der Waals surface area (Å²) in [5, 5.41) is 17.7. The highest BCUT2D eigenvalue weighted by Crippen LogP contribution is 2.18. The average molecular weight is 204 g/mol. The van der Waals surface area contributed by atoms with Crippen molar-refractivity contribution < 1.29 is 15.0 Å². The Labute approximate surface area is 81.4 Å². The molecule has 5 heteroatoms. The molecule has 0 atom stereocenters. The number of aromatic hydroxyl groups is 1. The van der Waals surface area contributed by atoms with E-state index in [2.05, 4.69) is 0 Å². The minimum absolute atomic E-state index is 0. The number of hydrogen-bond acceptors (Lipinski definition) is 3. The summed E-state index contributed by atoms with van der Waals surface area (Å²) in [6.07, 6.45) is 0. The van der Waals surface area contributed by atoms with Crippen molar-refractivity contribution in [2.75, 3.05) is 0 Å². The topological polar surface area (TPSA) is 83.6 Å². The van der Waals surface area contributed by atoms with E-state index >= 15 is 0 Å². The lowest BCUT2D eigenvalue weighted by Gasteiger charge is -2.01. The van der Waals surface area contributed by atoms with E-state index < -0.39 is 5.97 Å². The third kappa shape index (κ3) is 2.61. The number of carboxylic acids is 1. The van der Waals surface area contributed by atoms with Crippen LogP contribution in [-0.4, -0.2) is 16.2 Å². The van der Waals surface area contributed by atoms with Gasteiger partial charge in [-0.1, -0.05) is 6.07 Å². The Morgan fingerprint density at radius 1 is 1.46 bits per heavy atom. The molecule has 1 aromatic carbocycles. The van der Waals surface area contributed by atoms with Crippen molar-refractivity contribution in [1.82, 2.24) is 0 Å². The first-order valence-electron chi connectivity index (χ1n) is 3.40. The maximum atomic E-state index is 10.4. The van der Waals surface area contributed by atoms with Crippen molar-refractivity contribution in [1.29, 1.82) is 0 Å². The molecule has 0 aliphatic carbocycles. The fraction of sp³-hybridized carbons (Fsp3) is 0.125. The van der Waals surface area contributed by atoms with Crippen LogP contribution in [0.25, 0.3) is 0 Å². The third-order valence-corrected chi connectivity index (χ3v) is 1.53. The van der Waals surface area contributed by atoms with Crippen LogP contribution in [0.5, 0.6) is 5.75 Å². The van der Waals surface area contributed by atoms with Crippen LogP contribution < -0.4 is 5.73 Å². The van der Waals surface area contributed by atoms with Gasteiger partial charge in [0.2, 0.25) is 0 Å². The molecule has 0 aliphatic heterocycles. The SMILES string of the molecule is Cl.NCc1ccc(C(=O)O)c(O)c1. The van der Waals surface area contributed by atoms with Crippen LogP contribution in [0.1, 0.15) is 15.9 Å². The Hall–Kier alpha value is -1.26. The number of rotatable bonds is 2. The predicted molar refractivity (Wildman–Crippen MR) is 50.2 cm³/mol. The molecule has 0 heterocycles. The number of carbonyl (C=O) groups is 1. The van der Waals surface area contributed by atoms with Crippen LogP contribution in [0.3, 0.4) is 0 Å². The Morgan fingerprint density at radius 2 is 2.08 bits per heavy atom. The van der Waals surface area contributed by atoms with Crippen molar-refractivity contribution in [3.05, 3.63) is 29.3 Å². The Balaban J connectivity index is 0.00000144. The molecule has 0 bridgehead atoms. The molecular weight excluding hydrogens is 194 g/mol. The monoisotopic (exact) mass is 203 g/mol. The highest BCUT2D eigenvalue weighted by molar-refractivity contribution is 5.90. The molecule has 0 spiro atoms. The van der Waals surface area contributed by atoms with Gasteiger partial charge < -0.3 is 15.9 Å². The Bertz CT molecular complexity index is 314. The fourth-order valence-electron chi connectivity index (χ4n) is 0.885. The van der Waals surface area contributed by atoms with Crippen LogP contribution >= 0.6 is 12.4 Å². The van der Waals surface area contributed by atoms with Gasteiger partial charge in [0.25, 0.3) is 0 Å². The van der Waals surface area contributed by atoms with E-state index in [0.717, 1.165) is 0 Å². The second-order valence-electron chi connectivity index (χ2n) is 2.36. The Kier molecular flexibility index (Phi) is 4.23. The summed E-state index contributed by atoms with van der Waals surface area (Å²) in [6.45, 7) is 0.285. The standard InChI is InChI=1S/C8H9NO3.ClH/c9-4-5-1-2-6(8(11)12)7(10)3-5;/h1-3,10H,4,9H2,(H,11,12);1H. The molecule has 1 rings (SSSR count). The molecule has 72 valence electrons. The summed E-state index contributed by atoms with van der Waals surface area (Å²) in [7, 11) is 0. The minimum atomic E-state index is -1.14. The van der Waals surface area contributed by atoms with Gasteiger partial charge in [-0.15, -0.1) is 12.4 Å². The molecule has 0 aliphatic rings. The highest BCUT2D eigenvalue weighted by Gasteiger charge is 2.08. The van der Waals surface area contributed by atoms with E-state index in [-0.39, 0.29) is 30.3 Å². The lowest BCUT2D eigenvalue weighted by molar-refractivity contribution is 0.0693. The van der Waals surface area contributed by atoms with E-state index in [1.54, 1.807) is 6.07 Å². The third-order valence-electron chi connectivity index (χ3n) is 1.53. The summed E-state index contributed by atoms with van der Waals surface area (Å²) in [4.78, 5) is 10.4. The average Bonchev–Trinajstić information content (AvgIpc) is 2.03. The smallest absolute Gasteiger partial charge is 0.339 e. The highest BCUT2D eigenvalue weighted by atomic mass is 35.5. The van der Waals surface area contributed by atoms with Gasteiger partial charge >= 0.3 is 5.97 Å². The van der Waals surface area contributed by atoms with Gasteiger partial charge in [0.1, 0.15) is 11.3 Å². The maximum absolute atomic E-state index is 10.4. The van der Waals surface area contributed by atoms with Gasteiger partial charge in [-0.25, -0.2) is 4.79 Å². The lowest BCUT2D eigenvalue weighted by atomic mass is 10.1. The molecule has 0 saturated carbocycles. The molecule has 4 nitrogen and oxygen atoms in total. The zero-order chi connectivity index (χ0) is 9.14. The molecule has 0 radical (unpaired) electrons. The van der Waals surface area contributed by atoms with Gasteiger partial charge in [-0.2, -0.15) is 0 Å². The zero-order valence-electron chi connectivity index (χ0n) is 6.73. The normalized spacial score (nSPS) is 9.00.